The zero-order valence-electron chi connectivity index (χ0n) is 19.0. The van der Waals surface area contributed by atoms with Crippen LogP contribution >= 0.6 is 0 Å². The number of carboxylic acid groups (broad SMARTS) is 1. The Kier molecular flexibility index (Phi) is 7.09. The average Bonchev–Trinajstić information content (AvgIpc) is 2.84. The molecule has 4 unspecified atom stereocenters. The molecule has 0 spiro atoms. The van der Waals surface area contributed by atoms with Gasteiger partial charge in [0.15, 0.2) is 17.4 Å². The van der Waals surface area contributed by atoms with Gasteiger partial charge in [-0.3, -0.25) is 4.79 Å². The Labute approximate surface area is 203 Å². The molecule has 11 heteroatoms. The molecule has 5 N–H and O–H groups in total. The van der Waals surface area contributed by atoms with Gasteiger partial charge in [0.05, 0.1) is 10.9 Å². The fourth-order valence-electron chi connectivity index (χ4n) is 4.23. The Morgan fingerprint density at radius 3 is 2.33 bits per heavy atom. The van der Waals surface area contributed by atoms with Crippen LogP contribution in [0.3, 0.4) is 0 Å². The molecule has 0 amide bonds. The molecule has 0 saturated carbocycles. The van der Waals surface area contributed by atoms with E-state index in [0.29, 0.717) is 5.56 Å². The number of hydrogen-bond donors (Lipinski definition) is 5. The fraction of sp³-hybridized carbons (Fsp3) is 0.320. The van der Waals surface area contributed by atoms with Gasteiger partial charge >= 0.3 is 11.6 Å². The molecule has 1 aromatic heterocycles. The Hall–Kier alpha value is -3.77. The van der Waals surface area contributed by atoms with Crippen molar-refractivity contribution in [2.75, 3.05) is 0 Å². The standard InChI is InChI=1S/C25H24O11/c1-11(26)10-14(12-6-3-2-4-7-12)16-17(27)13-8-5-9-15(21(13)35-24(16)33)34-25-20(30)18(28)19(29)22(36-25)23(31)32/h2-9,14,18-20,22,25,27-30H,10H2,1H3,(H,31,32)/t14?,18?,19-,20?,22?,25+/m0/s1. The number of aliphatic hydroxyl groups is 3. The normalized spacial score (nSPS) is 24.8. The summed E-state index contributed by atoms with van der Waals surface area (Å²) >= 11 is 0. The molecule has 2 aromatic carbocycles. The number of para-hydroxylation sites is 1. The number of aliphatic carboxylic acids is 1. The van der Waals surface area contributed by atoms with Gasteiger partial charge < -0.3 is 39.4 Å². The van der Waals surface area contributed by atoms with E-state index in [9.17, 15) is 39.9 Å². The number of ketones is 1. The second-order valence-corrected chi connectivity index (χ2v) is 8.51. The largest absolute Gasteiger partial charge is 0.507 e. The van der Waals surface area contributed by atoms with Gasteiger partial charge in [-0.15, -0.1) is 0 Å². The third-order valence-electron chi connectivity index (χ3n) is 6.00. The van der Waals surface area contributed by atoms with Crippen LogP contribution in [0.5, 0.6) is 11.5 Å². The highest BCUT2D eigenvalue weighted by Crippen LogP contribution is 2.39. The maximum atomic E-state index is 13.1. The van der Waals surface area contributed by atoms with Gasteiger partial charge in [-0.25, -0.2) is 9.59 Å². The number of carboxylic acids is 1. The van der Waals surface area contributed by atoms with Crippen LogP contribution in [0.2, 0.25) is 0 Å². The van der Waals surface area contributed by atoms with Crippen molar-refractivity contribution in [2.24, 2.45) is 0 Å². The number of carbonyl (C=O) groups excluding carboxylic acids is 1. The van der Waals surface area contributed by atoms with Gasteiger partial charge in [0.25, 0.3) is 0 Å². The zero-order valence-corrected chi connectivity index (χ0v) is 19.0. The number of hydrogen-bond acceptors (Lipinski definition) is 10. The molecule has 1 aliphatic rings. The summed E-state index contributed by atoms with van der Waals surface area (Å²) < 4.78 is 16.1. The lowest BCUT2D eigenvalue weighted by Crippen LogP contribution is -2.61. The number of aromatic hydroxyl groups is 1. The molecule has 6 atom stereocenters. The predicted molar refractivity (Wildman–Crippen MR) is 123 cm³/mol. The van der Waals surface area contributed by atoms with E-state index in [1.807, 2.05) is 0 Å². The van der Waals surface area contributed by atoms with Gasteiger partial charge in [-0.1, -0.05) is 36.4 Å². The van der Waals surface area contributed by atoms with Crippen molar-refractivity contribution in [1.29, 1.82) is 0 Å². The minimum Gasteiger partial charge on any atom is -0.507 e. The fourth-order valence-corrected chi connectivity index (χ4v) is 4.23. The van der Waals surface area contributed by atoms with Crippen molar-refractivity contribution in [3.63, 3.8) is 0 Å². The highest BCUT2D eigenvalue weighted by Gasteiger charge is 2.48. The molecule has 0 bridgehead atoms. The molecule has 3 aromatic rings. The number of benzene rings is 2. The highest BCUT2D eigenvalue weighted by molar-refractivity contribution is 5.89. The van der Waals surface area contributed by atoms with Crippen molar-refractivity contribution in [3.8, 4) is 11.5 Å². The van der Waals surface area contributed by atoms with Gasteiger partial charge in [-0.2, -0.15) is 0 Å². The third kappa shape index (κ3) is 4.69. The first-order valence-corrected chi connectivity index (χ1v) is 11.0. The number of carbonyl (C=O) groups is 2. The quantitative estimate of drug-likeness (QED) is 0.290. The van der Waals surface area contributed by atoms with Crippen LogP contribution in [0.25, 0.3) is 11.0 Å². The summed E-state index contributed by atoms with van der Waals surface area (Å²) in [5.74, 6) is -3.23. The first-order chi connectivity index (χ1) is 17.1. The van der Waals surface area contributed by atoms with Crippen molar-refractivity contribution >= 4 is 22.7 Å². The van der Waals surface area contributed by atoms with Crippen LogP contribution < -0.4 is 10.4 Å². The minimum absolute atomic E-state index is 0.0484. The van der Waals surface area contributed by atoms with Crippen LogP contribution in [0.4, 0.5) is 0 Å². The molecule has 2 heterocycles. The van der Waals surface area contributed by atoms with E-state index in [2.05, 4.69) is 0 Å². The van der Waals surface area contributed by atoms with Crippen LogP contribution in [0.15, 0.2) is 57.7 Å². The molecule has 1 fully saturated rings. The number of aliphatic hydroxyl groups excluding tert-OH is 3. The second kappa shape index (κ2) is 10.1. The summed E-state index contributed by atoms with van der Waals surface area (Å²) in [6.07, 6.45) is -9.37. The summed E-state index contributed by atoms with van der Waals surface area (Å²) in [5, 5.41) is 50.5. The Morgan fingerprint density at radius 2 is 1.69 bits per heavy atom. The number of ether oxygens (including phenoxy) is 2. The number of fused-ring (bicyclic) bond motifs is 1. The molecule has 1 aliphatic heterocycles. The summed E-state index contributed by atoms with van der Waals surface area (Å²) in [6, 6.07) is 12.9. The van der Waals surface area contributed by atoms with Gasteiger partial charge in [0.1, 0.15) is 29.8 Å². The van der Waals surface area contributed by atoms with E-state index in [-0.39, 0.29) is 34.5 Å². The van der Waals surface area contributed by atoms with Crippen LogP contribution in [-0.2, 0) is 14.3 Å². The maximum Gasteiger partial charge on any atom is 0.343 e. The first-order valence-electron chi connectivity index (χ1n) is 11.0. The lowest BCUT2D eigenvalue weighted by molar-refractivity contribution is -0.271. The molecule has 4 rings (SSSR count). The summed E-state index contributed by atoms with van der Waals surface area (Å²) in [7, 11) is 0. The number of Topliss-reactive ketones (excluding diaryl/α,β-unsaturated/α-hetero) is 1. The topological polar surface area (TPSA) is 184 Å². The van der Waals surface area contributed by atoms with Crippen LogP contribution in [-0.4, -0.2) is 68.0 Å². The Balaban J connectivity index is 1.77. The molecule has 11 nitrogen and oxygen atoms in total. The van der Waals surface area contributed by atoms with Crippen molar-refractivity contribution in [3.05, 3.63) is 70.1 Å². The van der Waals surface area contributed by atoms with Crippen molar-refractivity contribution in [2.45, 2.75) is 50.0 Å². The van der Waals surface area contributed by atoms with E-state index in [4.69, 9.17) is 13.9 Å². The number of rotatable bonds is 7. The van der Waals surface area contributed by atoms with E-state index in [1.165, 1.54) is 25.1 Å². The van der Waals surface area contributed by atoms with Gasteiger partial charge in [0.2, 0.25) is 6.29 Å². The predicted octanol–water partition coefficient (Wildman–Crippen LogP) is 0.881. The first kappa shape index (κ1) is 25.3. The third-order valence-corrected chi connectivity index (χ3v) is 6.00. The lowest BCUT2D eigenvalue weighted by atomic mass is 9.87. The summed E-state index contributed by atoms with van der Waals surface area (Å²) in [4.78, 5) is 36.4. The second-order valence-electron chi connectivity index (χ2n) is 8.51. The Morgan fingerprint density at radius 1 is 1.00 bits per heavy atom. The minimum atomic E-state index is -1.91. The van der Waals surface area contributed by atoms with E-state index in [1.54, 1.807) is 30.3 Å². The molecule has 1 saturated heterocycles. The molecular formula is C25H24O11. The molecular weight excluding hydrogens is 476 g/mol. The van der Waals surface area contributed by atoms with Crippen LogP contribution in [0.1, 0.15) is 30.4 Å². The van der Waals surface area contributed by atoms with Gasteiger partial charge in [0, 0.05) is 12.3 Å². The SMILES string of the molecule is CC(=O)CC(c1ccccc1)c1c(O)c2cccc(O[C@@H]3OC(C(=O)O)[C@@H](O)C(O)C3O)c2oc1=O. The monoisotopic (exact) mass is 500 g/mol. The lowest BCUT2D eigenvalue weighted by Gasteiger charge is -2.38. The summed E-state index contributed by atoms with van der Waals surface area (Å²) in [6.45, 7) is 1.37. The summed E-state index contributed by atoms with van der Waals surface area (Å²) in [5.41, 5.74) is -0.677. The zero-order chi connectivity index (χ0) is 26.1. The smallest absolute Gasteiger partial charge is 0.343 e. The average molecular weight is 500 g/mol. The molecule has 190 valence electrons. The van der Waals surface area contributed by atoms with E-state index >= 15 is 0 Å². The molecule has 36 heavy (non-hydrogen) atoms. The molecule has 0 aliphatic carbocycles. The van der Waals surface area contributed by atoms with Crippen molar-refractivity contribution < 1.29 is 49.0 Å². The van der Waals surface area contributed by atoms with Crippen molar-refractivity contribution in [1.82, 2.24) is 0 Å². The van der Waals surface area contributed by atoms with Crippen LogP contribution in [0, 0.1) is 0 Å². The van der Waals surface area contributed by atoms with E-state index < -0.39 is 54.0 Å². The highest BCUT2D eigenvalue weighted by atomic mass is 16.7. The van der Waals surface area contributed by atoms with E-state index in [0.717, 1.165) is 0 Å². The molecule has 0 radical (unpaired) electrons. The Bertz CT molecular complexity index is 1330. The maximum absolute atomic E-state index is 13.1. The van der Waals surface area contributed by atoms with Gasteiger partial charge in [-0.05, 0) is 24.6 Å².